The molecule has 0 spiro atoms. The number of rotatable bonds is 3. The lowest BCUT2D eigenvalue weighted by atomic mass is 9.87. The second-order valence-electron chi connectivity index (χ2n) is 4.28. The number of hydrogen-bond acceptors (Lipinski definition) is 3. The van der Waals surface area contributed by atoms with E-state index in [-0.39, 0.29) is 11.9 Å². The highest BCUT2D eigenvalue weighted by Gasteiger charge is 2.49. The Kier molecular flexibility index (Phi) is 2.98. The van der Waals surface area contributed by atoms with Gasteiger partial charge < -0.3 is 10.1 Å². The Labute approximate surface area is 106 Å². The minimum Gasteiger partial charge on any atom is -0.497 e. The highest BCUT2D eigenvalue weighted by atomic mass is 16.5. The summed E-state index contributed by atoms with van der Waals surface area (Å²) in [5, 5.41) is 2.77. The molecule has 1 fully saturated rings. The molecule has 1 saturated heterocycles. The molecule has 1 unspecified atom stereocenters. The van der Waals surface area contributed by atoms with Crippen LogP contribution in [0.1, 0.15) is 18.9 Å². The first kappa shape index (κ1) is 12.4. The molecule has 0 bridgehead atoms. The lowest BCUT2D eigenvalue weighted by Gasteiger charge is -2.25. The number of amides is 3. The summed E-state index contributed by atoms with van der Waals surface area (Å²) >= 11 is 0. The van der Waals surface area contributed by atoms with Gasteiger partial charge in [0, 0.05) is 7.05 Å². The maximum Gasteiger partial charge on any atom is 0.325 e. The number of hydrogen-bond donors (Lipinski definition) is 1. The molecule has 5 heteroatoms. The molecule has 5 nitrogen and oxygen atoms in total. The van der Waals surface area contributed by atoms with Gasteiger partial charge in [0.25, 0.3) is 5.91 Å². The average Bonchev–Trinajstić information content (AvgIpc) is 2.64. The normalized spacial score (nSPS) is 23.2. The molecular weight excluding hydrogens is 232 g/mol. The number of ether oxygens (including phenoxy) is 1. The summed E-state index contributed by atoms with van der Waals surface area (Å²) in [5.41, 5.74) is -0.175. The Morgan fingerprint density at radius 3 is 2.28 bits per heavy atom. The molecule has 0 saturated carbocycles. The lowest BCUT2D eigenvalue weighted by molar-refractivity contribution is -0.130. The van der Waals surface area contributed by atoms with Crippen LogP contribution in [-0.2, 0) is 10.3 Å². The van der Waals surface area contributed by atoms with Gasteiger partial charge in [-0.15, -0.1) is 0 Å². The van der Waals surface area contributed by atoms with Crippen LogP contribution >= 0.6 is 0 Å². The zero-order valence-electron chi connectivity index (χ0n) is 10.7. The molecule has 0 radical (unpaired) electrons. The van der Waals surface area contributed by atoms with E-state index in [4.69, 9.17) is 4.74 Å². The Morgan fingerprint density at radius 2 is 1.89 bits per heavy atom. The summed E-state index contributed by atoms with van der Waals surface area (Å²) in [5.74, 6) is 0.496. The van der Waals surface area contributed by atoms with Crippen LogP contribution in [0.25, 0.3) is 0 Å². The average molecular weight is 248 g/mol. The predicted octanol–water partition coefficient (Wildman–Crippen LogP) is 1.48. The van der Waals surface area contributed by atoms with Crippen molar-refractivity contribution in [2.45, 2.75) is 18.9 Å². The number of nitrogens with zero attached hydrogens (tertiary/aromatic N) is 1. The summed E-state index contributed by atoms with van der Waals surface area (Å²) in [7, 11) is 3.07. The van der Waals surface area contributed by atoms with Crippen LogP contribution in [-0.4, -0.2) is 31.0 Å². The first-order chi connectivity index (χ1) is 8.55. The van der Waals surface area contributed by atoms with Gasteiger partial charge in [-0.1, -0.05) is 19.1 Å². The molecule has 1 aliphatic heterocycles. The number of benzene rings is 1. The fraction of sp³-hybridized carbons (Fsp3) is 0.385. The van der Waals surface area contributed by atoms with Gasteiger partial charge in [0.1, 0.15) is 11.3 Å². The van der Waals surface area contributed by atoms with Gasteiger partial charge in [0.15, 0.2) is 0 Å². The van der Waals surface area contributed by atoms with Crippen molar-refractivity contribution >= 4 is 11.9 Å². The van der Waals surface area contributed by atoms with E-state index >= 15 is 0 Å². The lowest BCUT2D eigenvalue weighted by Crippen LogP contribution is -2.43. The van der Waals surface area contributed by atoms with Crippen molar-refractivity contribution in [2.75, 3.05) is 14.2 Å². The van der Waals surface area contributed by atoms with Crippen molar-refractivity contribution in [3.05, 3.63) is 29.8 Å². The van der Waals surface area contributed by atoms with Gasteiger partial charge in [-0.05, 0) is 24.1 Å². The summed E-state index contributed by atoms with van der Waals surface area (Å²) in [6.45, 7) is 1.88. The number of urea groups is 1. The van der Waals surface area contributed by atoms with Crippen molar-refractivity contribution in [1.29, 1.82) is 0 Å². The molecule has 1 aromatic carbocycles. The highest BCUT2D eigenvalue weighted by molar-refractivity contribution is 6.07. The zero-order valence-corrected chi connectivity index (χ0v) is 10.7. The van der Waals surface area contributed by atoms with Crippen LogP contribution in [0.15, 0.2) is 24.3 Å². The minimum absolute atomic E-state index is 0.222. The number of methoxy groups -OCH3 is 1. The van der Waals surface area contributed by atoms with E-state index in [1.807, 2.05) is 6.92 Å². The first-order valence-corrected chi connectivity index (χ1v) is 5.80. The minimum atomic E-state index is -0.946. The summed E-state index contributed by atoms with van der Waals surface area (Å²) in [6.07, 6.45) is 0.508. The van der Waals surface area contributed by atoms with Gasteiger partial charge in [-0.25, -0.2) is 4.79 Å². The first-order valence-electron chi connectivity index (χ1n) is 5.80. The topological polar surface area (TPSA) is 58.6 Å². The monoisotopic (exact) mass is 248 g/mol. The summed E-state index contributed by atoms with van der Waals surface area (Å²) < 4.78 is 5.08. The molecular formula is C13H16N2O3. The summed E-state index contributed by atoms with van der Waals surface area (Å²) in [4.78, 5) is 25.0. The molecule has 0 aliphatic carbocycles. The molecule has 1 aliphatic rings. The third kappa shape index (κ3) is 1.63. The van der Waals surface area contributed by atoms with Crippen LogP contribution in [0.3, 0.4) is 0 Å². The Balaban J connectivity index is 2.44. The van der Waals surface area contributed by atoms with Crippen LogP contribution in [0.2, 0.25) is 0 Å². The molecule has 1 atom stereocenters. The molecule has 1 aromatic rings. The van der Waals surface area contributed by atoms with Gasteiger partial charge >= 0.3 is 6.03 Å². The van der Waals surface area contributed by atoms with E-state index < -0.39 is 5.54 Å². The van der Waals surface area contributed by atoms with Gasteiger partial charge in [0.05, 0.1) is 7.11 Å². The third-order valence-corrected chi connectivity index (χ3v) is 3.41. The van der Waals surface area contributed by atoms with E-state index in [0.29, 0.717) is 6.42 Å². The Hall–Kier alpha value is -2.04. The Morgan fingerprint density at radius 1 is 1.28 bits per heavy atom. The molecule has 1 heterocycles. The zero-order chi connectivity index (χ0) is 13.3. The number of nitrogens with one attached hydrogen (secondary N) is 1. The summed E-state index contributed by atoms with van der Waals surface area (Å²) in [6, 6.07) is 6.81. The standard InChI is InChI=1S/C13H16N2O3/c1-4-13(11(16)15(2)12(17)14-13)9-5-7-10(18-3)8-6-9/h5-8H,4H2,1-3H3,(H,14,17). The van der Waals surface area contributed by atoms with Crippen molar-refractivity contribution in [1.82, 2.24) is 10.2 Å². The second-order valence-corrected chi connectivity index (χ2v) is 4.28. The smallest absolute Gasteiger partial charge is 0.325 e. The fourth-order valence-corrected chi connectivity index (χ4v) is 2.21. The maximum absolute atomic E-state index is 12.2. The van der Waals surface area contributed by atoms with Crippen LogP contribution in [0.5, 0.6) is 5.75 Å². The molecule has 0 aromatic heterocycles. The predicted molar refractivity (Wildman–Crippen MR) is 66.3 cm³/mol. The van der Waals surface area contributed by atoms with Crippen molar-refractivity contribution < 1.29 is 14.3 Å². The number of carbonyl (C=O) groups excluding carboxylic acids is 2. The quantitative estimate of drug-likeness (QED) is 0.824. The van der Waals surface area contributed by atoms with Gasteiger partial charge in [-0.3, -0.25) is 9.69 Å². The third-order valence-electron chi connectivity index (χ3n) is 3.41. The number of likely N-dealkylation sites (N-methyl/N-ethyl adjacent to an activating group) is 1. The largest absolute Gasteiger partial charge is 0.497 e. The SMILES string of the molecule is CCC1(c2ccc(OC)cc2)NC(=O)N(C)C1=O. The molecule has 3 amide bonds. The molecule has 2 rings (SSSR count). The fourth-order valence-electron chi connectivity index (χ4n) is 2.21. The molecule has 96 valence electrons. The molecule has 1 N–H and O–H groups in total. The van der Waals surface area contributed by atoms with Crippen molar-refractivity contribution in [3.63, 3.8) is 0 Å². The number of imide groups is 1. The van der Waals surface area contributed by atoms with Crippen LogP contribution in [0, 0.1) is 0 Å². The second kappa shape index (κ2) is 4.33. The van der Waals surface area contributed by atoms with Crippen LogP contribution in [0.4, 0.5) is 4.79 Å². The van der Waals surface area contributed by atoms with E-state index in [1.54, 1.807) is 31.4 Å². The van der Waals surface area contributed by atoms with E-state index in [0.717, 1.165) is 16.2 Å². The van der Waals surface area contributed by atoms with Crippen LogP contribution < -0.4 is 10.1 Å². The number of carbonyl (C=O) groups is 2. The highest BCUT2D eigenvalue weighted by Crippen LogP contribution is 2.32. The van der Waals surface area contributed by atoms with Gasteiger partial charge in [-0.2, -0.15) is 0 Å². The molecule has 18 heavy (non-hydrogen) atoms. The van der Waals surface area contributed by atoms with Crippen molar-refractivity contribution in [2.24, 2.45) is 0 Å². The Bertz CT molecular complexity index is 484. The van der Waals surface area contributed by atoms with E-state index in [2.05, 4.69) is 5.32 Å². The maximum atomic E-state index is 12.2. The van der Waals surface area contributed by atoms with E-state index in [1.165, 1.54) is 7.05 Å². The van der Waals surface area contributed by atoms with E-state index in [9.17, 15) is 9.59 Å². The van der Waals surface area contributed by atoms with Crippen molar-refractivity contribution in [3.8, 4) is 5.75 Å². The van der Waals surface area contributed by atoms with Gasteiger partial charge in [0.2, 0.25) is 0 Å².